The van der Waals surface area contributed by atoms with E-state index < -0.39 is 5.41 Å². The van der Waals surface area contributed by atoms with Gasteiger partial charge in [-0.3, -0.25) is 9.59 Å². The van der Waals surface area contributed by atoms with Gasteiger partial charge in [0.1, 0.15) is 5.82 Å². The third-order valence-corrected chi connectivity index (χ3v) is 8.07. The fourth-order valence-electron chi connectivity index (χ4n) is 5.82. The number of carbonyl (C=O) groups excluding carboxylic acids is 2. The van der Waals surface area contributed by atoms with E-state index in [4.69, 9.17) is 0 Å². The lowest BCUT2D eigenvalue weighted by Gasteiger charge is -2.29. The Kier molecular flexibility index (Phi) is 4.62. The van der Waals surface area contributed by atoms with Gasteiger partial charge in [0.2, 0.25) is 11.8 Å². The molecule has 1 saturated heterocycles. The first kappa shape index (κ1) is 21.4. The molecule has 3 aliphatic rings. The summed E-state index contributed by atoms with van der Waals surface area (Å²) in [5.74, 6) is -0.0123. The van der Waals surface area contributed by atoms with E-state index in [0.29, 0.717) is 0 Å². The summed E-state index contributed by atoms with van der Waals surface area (Å²) in [7, 11) is 0. The molecule has 2 aliphatic carbocycles. The number of hydrogen-bond acceptors (Lipinski definition) is 2. The van der Waals surface area contributed by atoms with Gasteiger partial charge in [-0.25, -0.2) is 4.39 Å². The van der Waals surface area contributed by atoms with Crippen molar-refractivity contribution in [2.45, 2.75) is 37.8 Å². The molecule has 0 unspecified atom stereocenters. The normalized spacial score (nSPS) is 22.4. The van der Waals surface area contributed by atoms with Crippen molar-refractivity contribution in [1.82, 2.24) is 9.88 Å². The number of aromatic nitrogens is 1. The maximum atomic E-state index is 14.0. The van der Waals surface area contributed by atoms with Gasteiger partial charge in [-0.1, -0.05) is 30.3 Å². The third kappa shape index (κ3) is 3.28. The molecule has 0 radical (unpaired) electrons. The molecule has 1 N–H and O–H groups in total. The zero-order valence-corrected chi connectivity index (χ0v) is 19.7. The Bertz CT molecular complexity index is 1490. The zero-order valence-electron chi connectivity index (χ0n) is 19.7. The lowest BCUT2D eigenvalue weighted by Crippen LogP contribution is -2.44. The van der Waals surface area contributed by atoms with Gasteiger partial charge >= 0.3 is 0 Å². The molecule has 36 heavy (non-hydrogen) atoms. The molecule has 0 bridgehead atoms. The highest BCUT2D eigenvalue weighted by Gasteiger charge is 2.67. The molecule has 2 atom stereocenters. The van der Waals surface area contributed by atoms with Crippen LogP contribution in [0.15, 0.2) is 85.1 Å². The van der Waals surface area contributed by atoms with Crippen molar-refractivity contribution >= 4 is 28.4 Å². The monoisotopic (exact) mass is 479 g/mol. The third-order valence-electron chi connectivity index (χ3n) is 8.07. The number of nitrogens with zero attached hydrogens (tertiary/aromatic N) is 2. The average molecular weight is 480 g/mol. The van der Waals surface area contributed by atoms with Crippen LogP contribution in [0.25, 0.3) is 16.6 Å². The zero-order chi connectivity index (χ0) is 24.4. The Morgan fingerprint density at radius 1 is 0.917 bits per heavy atom. The molecule has 7 rings (SSSR count). The van der Waals surface area contributed by atoms with Crippen molar-refractivity contribution in [1.29, 1.82) is 0 Å². The molecule has 2 amide bonds. The molecule has 6 heteroatoms. The van der Waals surface area contributed by atoms with Gasteiger partial charge in [-0.15, -0.1) is 0 Å². The number of benzene rings is 3. The lowest BCUT2D eigenvalue weighted by atomic mass is 9.91. The minimum absolute atomic E-state index is 0.0775. The van der Waals surface area contributed by atoms with Crippen LogP contribution in [0.1, 0.15) is 37.3 Å². The quantitative estimate of drug-likeness (QED) is 0.409. The first-order valence-electron chi connectivity index (χ1n) is 12.6. The van der Waals surface area contributed by atoms with Crippen LogP contribution in [0.3, 0.4) is 0 Å². The number of amides is 2. The Morgan fingerprint density at radius 2 is 1.64 bits per heavy atom. The van der Waals surface area contributed by atoms with Crippen LogP contribution >= 0.6 is 0 Å². The second-order valence-corrected chi connectivity index (χ2v) is 10.4. The van der Waals surface area contributed by atoms with Crippen molar-refractivity contribution in [2.24, 2.45) is 11.3 Å². The summed E-state index contributed by atoms with van der Waals surface area (Å²) < 4.78 is 15.4. The van der Waals surface area contributed by atoms with Crippen LogP contribution < -0.4 is 10.2 Å². The van der Waals surface area contributed by atoms with Gasteiger partial charge in [-0.05, 0) is 79.8 Å². The number of fused-ring (bicyclic) bond motifs is 1. The average Bonchev–Trinajstić information content (AvgIpc) is 3.82. The number of halogens is 1. The fourth-order valence-corrected chi connectivity index (χ4v) is 5.82. The molecular weight excluding hydrogens is 453 g/mol. The molecule has 2 heterocycles. The molecule has 180 valence electrons. The molecule has 3 aromatic carbocycles. The Labute approximate surface area is 208 Å². The summed E-state index contributed by atoms with van der Waals surface area (Å²) in [5.41, 5.74) is 3.18. The SMILES string of the molecule is O=C(N[C@@H]1[C@@H](c2ccccc2)N(c2ccc3c(ccn3-c3ccc(F)cc3)c2)C(=O)C12CC2)C1CC1. The van der Waals surface area contributed by atoms with E-state index in [-0.39, 0.29) is 35.6 Å². The van der Waals surface area contributed by atoms with E-state index >= 15 is 0 Å². The second-order valence-electron chi connectivity index (χ2n) is 10.4. The van der Waals surface area contributed by atoms with Crippen molar-refractivity contribution in [2.75, 3.05) is 4.90 Å². The summed E-state index contributed by atoms with van der Waals surface area (Å²) in [4.78, 5) is 28.8. The molecular formula is C30H26FN3O2. The standard InChI is InChI=1S/C30H26FN3O2/c31-22-8-10-23(11-9-22)33-17-14-21-18-24(12-13-25(21)33)34-26(19-4-2-1-3-5-19)27(30(15-16-30)29(34)36)32-28(35)20-6-7-20/h1-5,8-14,17-18,20,26-27H,6-7,15-16H2,(H,32,35)/t26-,27-/m1/s1. The van der Waals surface area contributed by atoms with Gasteiger partial charge in [0, 0.05) is 28.9 Å². The van der Waals surface area contributed by atoms with Crippen LogP contribution in [-0.4, -0.2) is 22.4 Å². The largest absolute Gasteiger partial charge is 0.350 e. The summed E-state index contributed by atoms with van der Waals surface area (Å²) in [6.07, 6.45) is 5.42. The highest BCUT2D eigenvalue weighted by molar-refractivity contribution is 6.05. The number of nitrogens with one attached hydrogen (secondary N) is 1. The lowest BCUT2D eigenvalue weighted by molar-refractivity contribution is -0.124. The highest BCUT2D eigenvalue weighted by atomic mass is 19.1. The van der Waals surface area contributed by atoms with Crippen molar-refractivity contribution < 1.29 is 14.0 Å². The summed E-state index contributed by atoms with van der Waals surface area (Å²) in [6, 6.07) is 24.0. The molecule has 3 fully saturated rings. The molecule has 1 spiro atoms. The first-order chi connectivity index (χ1) is 17.5. The summed E-state index contributed by atoms with van der Waals surface area (Å²) in [6.45, 7) is 0. The minimum Gasteiger partial charge on any atom is -0.350 e. The number of rotatable bonds is 5. The number of anilines is 1. The maximum absolute atomic E-state index is 14.0. The van der Waals surface area contributed by atoms with Crippen molar-refractivity contribution in [3.63, 3.8) is 0 Å². The van der Waals surface area contributed by atoms with E-state index in [2.05, 4.69) is 5.32 Å². The molecule has 1 aliphatic heterocycles. The van der Waals surface area contributed by atoms with Gasteiger partial charge in [0.15, 0.2) is 0 Å². The molecule has 2 saturated carbocycles. The predicted octanol–water partition coefficient (Wildman–Crippen LogP) is 5.53. The second kappa shape index (κ2) is 7.79. The van der Waals surface area contributed by atoms with Crippen molar-refractivity contribution in [3.05, 3.63) is 96.4 Å². The molecule has 5 nitrogen and oxygen atoms in total. The van der Waals surface area contributed by atoms with Crippen LogP contribution in [-0.2, 0) is 9.59 Å². The van der Waals surface area contributed by atoms with E-state index in [1.54, 1.807) is 12.1 Å². The Hall–Kier alpha value is -3.93. The maximum Gasteiger partial charge on any atom is 0.236 e. The fraction of sp³-hybridized carbons (Fsp3) is 0.267. The predicted molar refractivity (Wildman–Crippen MR) is 136 cm³/mol. The minimum atomic E-state index is -0.528. The molecule has 1 aromatic heterocycles. The van der Waals surface area contributed by atoms with Crippen LogP contribution in [0.4, 0.5) is 10.1 Å². The summed E-state index contributed by atoms with van der Waals surface area (Å²) >= 11 is 0. The Balaban J connectivity index is 1.31. The van der Waals surface area contributed by atoms with Crippen LogP contribution in [0, 0.1) is 17.2 Å². The van der Waals surface area contributed by atoms with Crippen LogP contribution in [0.5, 0.6) is 0 Å². The number of hydrogen-bond donors (Lipinski definition) is 1. The van der Waals surface area contributed by atoms with Gasteiger partial charge in [-0.2, -0.15) is 0 Å². The van der Waals surface area contributed by atoms with E-state index in [1.807, 2.05) is 70.3 Å². The Morgan fingerprint density at radius 3 is 2.33 bits per heavy atom. The van der Waals surface area contributed by atoms with Gasteiger partial charge in [0.25, 0.3) is 0 Å². The van der Waals surface area contributed by atoms with Gasteiger partial charge < -0.3 is 14.8 Å². The van der Waals surface area contributed by atoms with Gasteiger partial charge in [0.05, 0.1) is 23.0 Å². The smallest absolute Gasteiger partial charge is 0.236 e. The highest BCUT2D eigenvalue weighted by Crippen LogP contribution is 2.60. The topological polar surface area (TPSA) is 54.3 Å². The first-order valence-corrected chi connectivity index (χ1v) is 12.6. The molecule has 4 aromatic rings. The summed E-state index contributed by atoms with van der Waals surface area (Å²) in [5, 5.41) is 4.30. The van der Waals surface area contributed by atoms with E-state index in [1.165, 1.54) is 12.1 Å². The van der Waals surface area contributed by atoms with E-state index in [0.717, 1.165) is 53.5 Å². The number of carbonyl (C=O) groups is 2. The van der Waals surface area contributed by atoms with E-state index in [9.17, 15) is 14.0 Å². The van der Waals surface area contributed by atoms with Crippen molar-refractivity contribution in [3.8, 4) is 5.69 Å². The van der Waals surface area contributed by atoms with Crippen LogP contribution in [0.2, 0.25) is 0 Å².